The van der Waals surface area contributed by atoms with Crippen molar-refractivity contribution < 1.29 is 14.6 Å². The Morgan fingerprint density at radius 1 is 1.29 bits per heavy atom. The molecular weight excluding hydrogens is 428 g/mol. The Morgan fingerprint density at radius 3 is 2.79 bits per heavy atom. The molecule has 1 aromatic carbocycles. The number of aliphatic hydroxyl groups is 1. The van der Waals surface area contributed by atoms with Gasteiger partial charge < -0.3 is 19.7 Å². The second-order valence-electron chi connectivity index (χ2n) is 9.71. The van der Waals surface area contributed by atoms with Crippen LogP contribution in [0.15, 0.2) is 42.7 Å². The molecule has 1 amide bonds. The molecule has 2 N–H and O–H groups in total. The van der Waals surface area contributed by atoms with Gasteiger partial charge in [0.2, 0.25) is 5.91 Å². The van der Waals surface area contributed by atoms with Crippen molar-refractivity contribution >= 4 is 16.8 Å². The maximum absolute atomic E-state index is 13.2. The number of pyridine rings is 1. The molecule has 4 heterocycles. The van der Waals surface area contributed by atoms with E-state index in [1.54, 1.807) is 7.11 Å². The number of carbonyl (C=O) groups excluding carboxylic acids is 1. The zero-order chi connectivity index (χ0) is 23.7. The molecule has 1 saturated heterocycles. The molecule has 2 aliphatic rings. The van der Waals surface area contributed by atoms with E-state index in [0.29, 0.717) is 13.0 Å². The normalized spacial score (nSPS) is 20.0. The van der Waals surface area contributed by atoms with Crippen LogP contribution in [0.3, 0.4) is 0 Å². The van der Waals surface area contributed by atoms with Gasteiger partial charge in [0.25, 0.3) is 0 Å². The van der Waals surface area contributed by atoms with Crippen LogP contribution in [0.5, 0.6) is 5.75 Å². The first-order chi connectivity index (χ1) is 16.6. The monoisotopic (exact) mass is 462 g/mol. The predicted octanol–water partition coefficient (Wildman–Crippen LogP) is 3.78. The van der Waals surface area contributed by atoms with Gasteiger partial charge in [0, 0.05) is 60.0 Å². The van der Waals surface area contributed by atoms with Crippen molar-refractivity contribution in [1.29, 1.82) is 0 Å². The number of piperidine rings is 1. The lowest BCUT2D eigenvalue weighted by molar-refractivity contribution is -0.137. The summed E-state index contributed by atoms with van der Waals surface area (Å²) in [5, 5.41) is 11.6. The van der Waals surface area contributed by atoms with Gasteiger partial charge in [-0.05, 0) is 61.7 Å². The number of H-pyrrole nitrogens is 1. The van der Waals surface area contributed by atoms with Gasteiger partial charge in [-0.2, -0.15) is 0 Å². The summed E-state index contributed by atoms with van der Waals surface area (Å²) in [4.78, 5) is 25.5. The van der Waals surface area contributed by atoms with Crippen LogP contribution in [-0.2, 0) is 16.8 Å². The Labute approximate surface area is 200 Å². The number of hydrogen-bond acceptors (Lipinski definition) is 5. The zero-order valence-corrected chi connectivity index (χ0v) is 20.1. The molecule has 180 valence electrons. The van der Waals surface area contributed by atoms with Crippen molar-refractivity contribution in [2.75, 3.05) is 33.4 Å². The van der Waals surface area contributed by atoms with Gasteiger partial charge >= 0.3 is 0 Å². The fraction of sp³-hybridized carbons (Fsp3) is 0.481. The standard InChI is InChI=1S/C27H34N4O3/c1-3-5-24(33)31-18-27(9-12-30(13-10-27)16-19-6-4-11-28-15-19)25-21-8-7-20(34-2)14-22(21)29-26(25)23(31)17-32/h4,6-8,11,14-15,23,29,32H,3,5,9-10,12-13,16-18H2,1-2H3/t23-/m1/s1. The first kappa shape index (κ1) is 22.9. The summed E-state index contributed by atoms with van der Waals surface area (Å²) in [7, 11) is 1.67. The van der Waals surface area contributed by atoms with Crippen LogP contribution in [0.1, 0.15) is 55.5 Å². The number of amides is 1. The molecular formula is C27H34N4O3. The Kier molecular flexibility index (Phi) is 6.32. The van der Waals surface area contributed by atoms with Gasteiger partial charge in [-0.15, -0.1) is 0 Å². The second-order valence-corrected chi connectivity index (χ2v) is 9.71. The van der Waals surface area contributed by atoms with Gasteiger partial charge in [0.05, 0.1) is 19.8 Å². The number of nitrogens with zero attached hydrogens (tertiary/aromatic N) is 3. The third kappa shape index (κ3) is 3.97. The molecule has 0 unspecified atom stereocenters. The minimum absolute atomic E-state index is 0.0877. The molecule has 2 aliphatic heterocycles. The molecule has 2 aromatic heterocycles. The number of methoxy groups -OCH3 is 1. The number of aliphatic hydroxyl groups excluding tert-OH is 1. The summed E-state index contributed by atoms with van der Waals surface area (Å²) in [6.07, 6.45) is 6.98. The summed E-state index contributed by atoms with van der Waals surface area (Å²) < 4.78 is 5.46. The van der Waals surface area contributed by atoms with Gasteiger partial charge in [-0.3, -0.25) is 14.7 Å². The van der Waals surface area contributed by atoms with Crippen LogP contribution >= 0.6 is 0 Å². The molecule has 34 heavy (non-hydrogen) atoms. The molecule has 0 bridgehead atoms. The minimum atomic E-state index is -0.341. The highest BCUT2D eigenvalue weighted by molar-refractivity contribution is 5.89. The smallest absolute Gasteiger partial charge is 0.223 e. The quantitative estimate of drug-likeness (QED) is 0.583. The molecule has 1 fully saturated rings. The van der Waals surface area contributed by atoms with Gasteiger partial charge in [-0.1, -0.05) is 13.0 Å². The van der Waals surface area contributed by atoms with Crippen LogP contribution in [0.2, 0.25) is 0 Å². The van der Waals surface area contributed by atoms with Crippen LogP contribution < -0.4 is 4.74 Å². The van der Waals surface area contributed by atoms with E-state index in [9.17, 15) is 9.90 Å². The number of fused-ring (bicyclic) bond motifs is 4. The van der Waals surface area contributed by atoms with E-state index in [4.69, 9.17) is 4.74 Å². The largest absolute Gasteiger partial charge is 0.497 e. The van der Waals surface area contributed by atoms with Crippen molar-refractivity contribution in [3.8, 4) is 5.75 Å². The van der Waals surface area contributed by atoms with E-state index in [1.165, 1.54) is 16.5 Å². The van der Waals surface area contributed by atoms with Crippen molar-refractivity contribution in [3.05, 3.63) is 59.5 Å². The maximum atomic E-state index is 13.2. The van der Waals surface area contributed by atoms with Crippen molar-refractivity contribution in [1.82, 2.24) is 19.8 Å². The minimum Gasteiger partial charge on any atom is -0.497 e. The Balaban J connectivity index is 1.53. The number of aromatic amines is 1. The third-order valence-corrected chi connectivity index (χ3v) is 7.65. The fourth-order valence-electron chi connectivity index (χ4n) is 5.92. The summed E-state index contributed by atoms with van der Waals surface area (Å²) in [5.41, 5.74) is 4.36. The average molecular weight is 463 g/mol. The van der Waals surface area contributed by atoms with E-state index >= 15 is 0 Å². The molecule has 5 rings (SSSR count). The Bertz CT molecular complexity index is 1150. The second kappa shape index (κ2) is 9.39. The number of benzene rings is 1. The van der Waals surface area contributed by atoms with Crippen LogP contribution in [-0.4, -0.2) is 64.1 Å². The fourth-order valence-corrected chi connectivity index (χ4v) is 5.92. The van der Waals surface area contributed by atoms with Crippen molar-refractivity contribution in [2.45, 2.75) is 50.6 Å². The highest BCUT2D eigenvalue weighted by atomic mass is 16.5. The number of hydrogen-bond donors (Lipinski definition) is 2. The van der Waals surface area contributed by atoms with Gasteiger partial charge in [0.1, 0.15) is 5.75 Å². The van der Waals surface area contributed by atoms with Gasteiger partial charge in [-0.25, -0.2) is 0 Å². The first-order valence-corrected chi connectivity index (χ1v) is 12.3. The maximum Gasteiger partial charge on any atom is 0.223 e. The van der Waals surface area contributed by atoms with E-state index < -0.39 is 0 Å². The predicted molar refractivity (Wildman–Crippen MR) is 132 cm³/mol. The number of ether oxygens (including phenoxy) is 1. The summed E-state index contributed by atoms with van der Waals surface area (Å²) in [6.45, 7) is 5.40. The molecule has 0 radical (unpaired) electrons. The van der Waals surface area contributed by atoms with Crippen molar-refractivity contribution in [2.24, 2.45) is 0 Å². The van der Waals surface area contributed by atoms with Crippen LogP contribution in [0.25, 0.3) is 10.9 Å². The van der Waals surface area contributed by atoms with E-state index in [1.807, 2.05) is 42.4 Å². The van der Waals surface area contributed by atoms with Crippen LogP contribution in [0.4, 0.5) is 0 Å². The average Bonchev–Trinajstić information content (AvgIpc) is 3.25. The number of carbonyl (C=O) groups is 1. The molecule has 1 atom stereocenters. The van der Waals surface area contributed by atoms with Gasteiger partial charge in [0.15, 0.2) is 0 Å². The Morgan fingerprint density at radius 2 is 2.12 bits per heavy atom. The highest BCUT2D eigenvalue weighted by Gasteiger charge is 2.48. The van der Waals surface area contributed by atoms with Crippen LogP contribution in [0, 0.1) is 0 Å². The van der Waals surface area contributed by atoms with E-state index in [0.717, 1.165) is 55.9 Å². The molecule has 3 aromatic rings. The topological polar surface area (TPSA) is 81.7 Å². The number of aromatic nitrogens is 2. The first-order valence-electron chi connectivity index (χ1n) is 12.3. The number of rotatable bonds is 6. The highest BCUT2D eigenvalue weighted by Crippen LogP contribution is 2.49. The molecule has 1 spiro atoms. The number of likely N-dealkylation sites (tertiary alicyclic amines) is 1. The van der Waals surface area contributed by atoms with Crippen molar-refractivity contribution in [3.63, 3.8) is 0 Å². The molecule has 0 saturated carbocycles. The lowest BCUT2D eigenvalue weighted by Crippen LogP contribution is -2.55. The zero-order valence-electron chi connectivity index (χ0n) is 20.1. The molecule has 7 nitrogen and oxygen atoms in total. The summed E-state index contributed by atoms with van der Waals surface area (Å²) in [6, 6.07) is 9.92. The summed E-state index contributed by atoms with van der Waals surface area (Å²) >= 11 is 0. The number of nitrogens with one attached hydrogen (secondary N) is 1. The van der Waals surface area contributed by atoms with E-state index in [2.05, 4.69) is 27.0 Å². The Hall–Kier alpha value is -2.90. The third-order valence-electron chi connectivity index (χ3n) is 7.65. The van der Waals surface area contributed by atoms with E-state index in [-0.39, 0.29) is 24.0 Å². The lowest BCUT2D eigenvalue weighted by atomic mass is 9.68. The lowest BCUT2D eigenvalue weighted by Gasteiger charge is -2.50. The molecule has 7 heteroatoms. The SMILES string of the molecule is CCCC(=O)N1CC2(CCN(Cc3cccnc3)CC2)c2c([nH]c3cc(OC)ccc23)[C@H]1CO. The molecule has 0 aliphatic carbocycles. The summed E-state index contributed by atoms with van der Waals surface area (Å²) in [5.74, 6) is 0.923.